The van der Waals surface area contributed by atoms with Gasteiger partial charge in [-0.05, 0) is 51.9 Å². The van der Waals surface area contributed by atoms with Crippen LogP contribution in [0.2, 0.25) is 0 Å². The lowest BCUT2D eigenvalue weighted by atomic mass is 9.97. The quantitative estimate of drug-likeness (QED) is 0.372. The topological polar surface area (TPSA) is 88.3 Å². The minimum absolute atomic E-state index is 0.0957. The molecule has 9 nitrogen and oxygen atoms in total. The first kappa shape index (κ1) is 28.1. The third-order valence-electron chi connectivity index (χ3n) is 8.35. The maximum absolute atomic E-state index is 14.8. The van der Waals surface area contributed by atoms with Crippen LogP contribution in [0.1, 0.15) is 36.6 Å². The van der Waals surface area contributed by atoms with E-state index in [9.17, 15) is 14.8 Å². The van der Waals surface area contributed by atoms with Gasteiger partial charge in [-0.25, -0.2) is 9.37 Å². The molecule has 3 aliphatic heterocycles. The molecular weight excluding hydrogens is 511 g/mol. The number of para-hydroxylation sites is 1. The Morgan fingerprint density at radius 2 is 2.08 bits per heavy atom. The van der Waals surface area contributed by atoms with Crippen molar-refractivity contribution in [1.29, 1.82) is 5.26 Å². The zero-order chi connectivity index (χ0) is 28.2. The molecule has 2 atom stereocenters. The fourth-order valence-corrected chi connectivity index (χ4v) is 6.11. The van der Waals surface area contributed by atoms with Crippen LogP contribution < -0.4 is 14.5 Å². The van der Waals surface area contributed by atoms with Crippen LogP contribution in [-0.4, -0.2) is 91.7 Å². The minimum Gasteiger partial charge on any atom is -0.506 e. The van der Waals surface area contributed by atoms with Crippen LogP contribution in [0.5, 0.6) is 11.6 Å². The van der Waals surface area contributed by atoms with E-state index in [0.717, 1.165) is 56.0 Å². The first-order valence-corrected chi connectivity index (χ1v) is 14.1. The number of halogens is 1. The van der Waals surface area contributed by atoms with Gasteiger partial charge in [0.05, 0.1) is 31.3 Å². The average molecular weight is 551 g/mol. The molecule has 0 saturated carbocycles. The van der Waals surface area contributed by atoms with Crippen LogP contribution in [0.3, 0.4) is 0 Å². The van der Waals surface area contributed by atoms with Crippen molar-refractivity contribution in [2.45, 2.75) is 44.8 Å². The number of nitriles is 1. The molecule has 2 saturated heterocycles. The Hall–Kier alpha value is -3.39. The van der Waals surface area contributed by atoms with Crippen LogP contribution in [0.4, 0.5) is 15.8 Å². The number of ether oxygens (including phenoxy) is 2. The second-order valence-corrected chi connectivity index (χ2v) is 10.9. The second kappa shape index (κ2) is 12.4. The van der Waals surface area contributed by atoms with Gasteiger partial charge < -0.3 is 29.3 Å². The number of hydrogen-bond donors (Lipinski definition) is 1. The van der Waals surface area contributed by atoms with Crippen molar-refractivity contribution < 1.29 is 19.0 Å². The highest BCUT2D eigenvalue weighted by Gasteiger charge is 2.34. The summed E-state index contributed by atoms with van der Waals surface area (Å²) in [6.45, 7) is 11.5. The molecule has 3 aliphatic rings. The van der Waals surface area contributed by atoms with E-state index in [1.54, 1.807) is 6.08 Å². The van der Waals surface area contributed by atoms with Crippen molar-refractivity contribution in [3.8, 4) is 17.7 Å². The summed E-state index contributed by atoms with van der Waals surface area (Å²) in [6, 6.07) is 7.26. The Balaban J connectivity index is 1.48. The highest BCUT2D eigenvalue weighted by molar-refractivity contribution is 5.71. The van der Waals surface area contributed by atoms with E-state index in [2.05, 4.69) is 41.3 Å². The van der Waals surface area contributed by atoms with E-state index in [-0.39, 0.29) is 23.5 Å². The van der Waals surface area contributed by atoms with Gasteiger partial charge in [0.15, 0.2) is 0 Å². The lowest BCUT2D eigenvalue weighted by Gasteiger charge is -2.42. The maximum atomic E-state index is 14.8. The van der Waals surface area contributed by atoms with Gasteiger partial charge in [0.2, 0.25) is 5.88 Å². The van der Waals surface area contributed by atoms with Crippen molar-refractivity contribution >= 4 is 11.4 Å². The number of aromatic nitrogens is 1. The molecule has 40 heavy (non-hydrogen) atoms. The summed E-state index contributed by atoms with van der Waals surface area (Å²) in [5.74, 6) is -0.232. The maximum Gasteiger partial charge on any atom is 0.234 e. The molecule has 10 heteroatoms. The van der Waals surface area contributed by atoms with Gasteiger partial charge in [-0.3, -0.25) is 4.90 Å². The molecule has 2 fully saturated rings. The van der Waals surface area contributed by atoms with Crippen LogP contribution in [0.15, 0.2) is 30.9 Å². The van der Waals surface area contributed by atoms with E-state index in [4.69, 9.17) is 14.5 Å². The van der Waals surface area contributed by atoms with Gasteiger partial charge in [0.25, 0.3) is 0 Å². The second-order valence-electron chi connectivity index (χ2n) is 10.9. The summed E-state index contributed by atoms with van der Waals surface area (Å²) in [4.78, 5) is 13.5. The zero-order valence-electron chi connectivity index (χ0n) is 23.5. The molecular formula is C30H39FN6O3. The number of aromatic hydroxyl groups is 1. The van der Waals surface area contributed by atoms with Gasteiger partial charge in [0, 0.05) is 43.8 Å². The Morgan fingerprint density at radius 1 is 1.23 bits per heavy atom. The number of likely N-dealkylation sites (tertiary alicyclic amines) is 1. The molecule has 4 heterocycles. The molecule has 0 amide bonds. The minimum atomic E-state index is -0.471. The normalized spacial score (nSPS) is 21.8. The summed E-state index contributed by atoms with van der Waals surface area (Å²) in [5.41, 5.74) is 3.26. The summed E-state index contributed by atoms with van der Waals surface area (Å²) >= 11 is 0. The molecule has 1 aromatic heterocycles. The largest absolute Gasteiger partial charge is 0.506 e. The van der Waals surface area contributed by atoms with Gasteiger partial charge in [-0.15, -0.1) is 6.58 Å². The number of rotatable bonds is 9. The zero-order valence-corrected chi connectivity index (χ0v) is 23.5. The number of pyridine rings is 1. The van der Waals surface area contributed by atoms with E-state index in [1.807, 2.05) is 4.90 Å². The number of piperazine rings is 1. The number of nitrogens with zero attached hydrogens (tertiary/aromatic N) is 6. The molecule has 0 spiro atoms. The van der Waals surface area contributed by atoms with Crippen LogP contribution in [0.25, 0.3) is 0 Å². The molecule has 2 aromatic rings. The third-order valence-corrected chi connectivity index (χ3v) is 8.35. The third kappa shape index (κ3) is 5.73. The molecule has 0 aliphatic carbocycles. The average Bonchev–Trinajstić information content (AvgIpc) is 3.36. The van der Waals surface area contributed by atoms with Crippen molar-refractivity contribution in [3.05, 3.63) is 53.5 Å². The van der Waals surface area contributed by atoms with E-state index in [0.29, 0.717) is 50.9 Å². The standard InChI is InChI=1S/C30H39FN6O3/c1-4-15-39-20-37-14-13-36(17-21(37)2)28-23-10-12-35(29-25(31)8-5-9-27(29)38)18-26(23)33-30(24(28)16-32)40-19-22-7-6-11-34(22)3/h4-5,8-9,21-22,38H,1,6-7,10-15,17-20H2,2-3H3/t21-,22+/m1/s1. The predicted octanol–water partition coefficient (Wildman–Crippen LogP) is 3.50. The number of anilines is 2. The number of likely N-dealkylation sites (N-methyl/N-ethyl adjacent to an activating group) is 1. The molecule has 5 rings (SSSR count). The molecule has 0 bridgehead atoms. The predicted molar refractivity (Wildman–Crippen MR) is 152 cm³/mol. The number of phenolic OH excluding ortho intramolecular Hbond substituents is 1. The van der Waals surface area contributed by atoms with Crippen molar-refractivity contribution in [2.75, 3.05) is 69.5 Å². The Labute approximate surface area is 236 Å². The van der Waals surface area contributed by atoms with Crippen molar-refractivity contribution in [1.82, 2.24) is 14.8 Å². The van der Waals surface area contributed by atoms with Gasteiger partial charge in [-0.1, -0.05) is 12.1 Å². The summed E-state index contributed by atoms with van der Waals surface area (Å²) in [6.07, 6.45) is 4.49. The number of benzene rings is 1. The summed E-state index contributed by atoms with van der Waals surface area (Å²) < 4.78 is 26.8. The monoisotopic (exact) mass is 550 g/mol. The van der Waals surface area contributed by atoms with Gasteiger partial charge in [-0.2, -0.15) is 5.26 Å². The lowest BCUT2D eigenvalue weighted by Crippen LogP contribution is -2.53. The van der Waals surface area contributed by atoms with Crippen LogP contribution in [0, 0.1) is 17.1 Å². The van der Waals surface area contributed by atoms with Crippen molar-refractivity contribution in [3.63, 3.8) is 0 Å². The smallest absolute Gasteiger partial charge is 0.234 e. The summed E-state index contributed by atoms with van der Waals surface area (Å²) in [5, 5.41) is 20.8. The number of fused-ring (bicyclic) bond motifs is 1. The molecule has 214 valence electrons. The summed E-state index contributed by atoms with van der Waals surface area (Å²) in [7, 11) is 2.09. The van der Waals surface area contributed by atoms with Crippen molar-refractivity contribution in [2.24, 2.45) is 0 Å². The first-order chi connectivity index (χ1) is 19.4. The van der Waals surface area contributed by atoms with Gasteiger partial charge >= 0.3 is 0 Å². The molecule has 1 N–H and O–H groups in total. The van der Waals surface area contributed by atoms with Crippen LogP contribution >= 0.6 is 0 Å². The number of hydrogen-bond acceptors (Lipinski definition) is 9. The van der Waals surface area contributed by atoms with Gasteiger partial charge in [0.1, 0.15) is 35.5 Å². The molecule has 1 aromatic carbocycles. The Bertz CT molecular complexity index is 1250. The van der Waals surface area contributed by atoms with Crippen LogP contribution in [-0.2, 0) is 17.7 Å². The first-order valence-electron chi connectivity index (χ1n) is 14.1. The fraction of sp³-hybridized carbons (Fsp3) is 0.533. The molecule has 0 radical (unpaired) electrons. The van der Waals surface area contributed by atoms with E-state index < -0.39 is 5.82 Å². The number of phenols is 1. The Morgan fingerprint density at radius 3 is 2.77 bits per heavy atom. The lowest BCUT2D eigenvalue weighted by molar-refractivity contribution is 0.0165. The molecule has 0 unspecified atom stereocenters. The SMILES string of the molecule is C=CCOCN1CCN(c2c(C#N)c(OC[C@@H]3CCCN3C)nc3c2CCN(c2c(O)cccc2F)C3)C[C@H]1C. The van der Waals surface area contributed by atoms with E-state index >= 15 is 0 Å². The van der Waals surface area contributed by atoms with E-state index in [1.165, 1.54) is 18.2 Å². The Kier molecular flexibility index (Phi) is 8.74. The highest BCUT2D eigenvalue weighted by atomic mass is 19.1. The fourth-order valence-electron chi connectivity index (χ4n) is 6.11. The highest BCUT2D eigenvalue weighted by Crippen LogP contribution is 2.40.